The molecular formula is C16H15ClN4. The predicted molar refractivity (Wildman–Crippen MR) is 85.8 cm³/mol. The lowest BCUT2D eigenvalue weighted by Crippen LogP contribution is -2.18. The van der Waals surface area contributed by atoms with E-state index in [2.05, 4.69) is 20.9 Å². The standard InChI is InChI=1S/C16H15ClN4/c17-12-10-19-16-11(6-7-18-16)15(12)13-4-3-5-14(20-13)21-8-1-2-9-21/h3-7,10H,1-2,8-9H2,(H,18,19). The molecule has 1 fully saturated rings. The maximum absolute atomic E-state index is 6.38. The first kappa shape index (κ1) is 12.7. The van der Waals surface area contributed by atoms with E-state index >= 15 is 0 Å². The molecule has 0 amide bonds. The molecule has 4 heterocycles. The van der Waals surface area contributed by atoms with Crippen LogP contribution < -0.4 is 4.90 Å². The second-order valence-corrected chi connectivity index (χ2v) is 5.70. The predicted octanol–water partition coefficient (Wildman–Crippen LogP) is 3.88. The van der Waals surface area contributed by atoms with Gasteiger partial charge < -0.3 is 9.88 Å². The van der Waals surface area contributed by atoms with Crippen LogP contribution in [0.15, 0.2) is 36.7 Å². The summed E-state index contributed by atoms with van der Waals surface area (Å²) in [5, 5.41) is 1.64. The van der Waals surface area contributed by atoms with Crippen molar-refractivity contribution in [2.45, 2.75) is 12.8 Å². The Morgan fingerprint density at radius 3 is 2.86 bits per heavy atom. The van der Waals surface area contributed by atoms with Crippen molar-refractivity contribution < 1.29 is 0 Å². The number of aromatic amines is 1. The third-order valence-corrected chi connectivity index (χ3v) is 4.25. The molecule has 1 saturated heterocycles. The van der Waals surface area contributed by atoms with Gasteiger partial charge in [-0.05, 0) is 31.0 Å². The van der Waals surface area contributed by atoms with E-state index in [9.17, 15) is 0 Å². The molecule has 0 radical (unpaired) electrons. The number of halogens is 1. The minimum absolute atomic E-state index is 0.633. The molecule has 0 atom stereocenters. The summed E-state index contributed by atoms with van der Waals surface area (Å²) in [5.41, 5.74) is 2.68. The van der Waals surface area contributed by atoms with Crippen LogP contribution in [0.4, 0.5) is 5.82 Å². The zero-order valence-electron chi connectivity index (χ0n) is 11.5. The van der Waals surface area contributed by atoms with Crippen molar-refractivity contribution in [3.63, 3.8) is 0 Å². The fourth-order valence-corrected chi connectivity index (χ4v) is 3.18. The lowest BCUT2D eigenvalue weighted by molar-refractivity contribution is 0.939. The largest absolute Gasteiger partial charge is 0.357 e. The van der Waals surface area contributed by atoms with Crippen molar-refractivity contribution >= 4 is 28.5 Å². The van der Waals surface area contributed by atoms with Gasteiger partial charge in [0.25, 0.3) is 0 Å². The average Bonchev–Trinajstić information content (AvgIpc) is 3.18. The van der Waals surface area contributed by atoms with Gasteiger partial charge in [-0.1, -0.05) is 17.7 Å². The smallest absolute Gasteiger partial charge is 0.138 e. The van der Waals surface area contributed by atoms with E-state index in [0.717, 1.165) is 41.2 Å². The van der Waals surface area contributed by atoms with Crippen molar-refractivity contribution in [3.05, 3.63) is 41.7 Å². The molecule has 4 rings (SSSR count). The van der Waals surface area contributed by atoms with E-state index in [1.807, 2.05) is 24.4 Å². The van der Waals surface area contributed by atoms with Crippen LogP contribution in [-0.4, -0.2) is 28.0 Å². The van der Waals surface area contributed by atoms with Crippen molar-refractivity contribution in [2.75, 3.05) is 18.0 Å². The monoisotopic (exact) mass is 298 g/mol. The van der Waals surface area contributed by atoms with Gasteiger partial charge >= 0.3 is 0 Å². The number of nitrogens with one attached hydrogen (secondary N) is 1. The quantitative estimate of drug-likeness (QED) is 0.781. The Morgan fingerprint density at radius 2 is 2.00 bits per heavy atom. The van der Waals surface area contributed by atoms with E-state index in [0.29, 0.717) is 5.02 Å². The van der Waals surface area contributed by atoms with E-state index in [4.69, 9.17) is 16.6 Å². The van der Waals surface area contributed by atoms with Crippen LogP contribution in [0.5, 0.6) is 0 Å². The zero-order valence-corrected chi connectivity index (χ0v) is 12.3. The van der Waals surface area contributed by atoms with Crippen LogP contribution in [0.25, 0.3) is 22.3 Å². The molecule has 0 unspecified atom stereocenters. The summed E-state index contributed by atoms with van der Waals surface area (Å²) in [5.74, 6) is 1.03. The van der Waals surface area contributed by atoms with Gasteiger partial charge in [-0.25, -0.2) is 9.97 Å². The summed E-state index contributed by atoms with van der Waals surface area (Å²) in [6, 6.07) is 8.12. The summed E-state index contributed by atoms with van der Waals surface area (Å²) >= 11 is 6.38. The van der Waals surface area contributed by atoms with Crippen molar-refractivity contribution in [2.24, 2.45) is 0 Å². The Morgan fingerprint density at radius 1 is 1.14 bits per heavy atom. The first-order valence-corrected chi connectivity index (χ1v) is 7.55. The zero-order chi connectivity index (χ0) is 14.2. The number of hydrogen-bond acceptors (Lipinski definition) is 3. The third kappa shape index (κ3) is 2.16. The highest BCUT2D eigenvalue weighted by molar-refractivity contribution is 6.34. The second kappa shape index (κ2) is 5.04. The topological polar surface area (TPSA) is 44.8 Å². The Balaban J connectivity index is 1.86. The normalized spacial score (nSPS) is 15.0. The van der Waals surface area contributed by atoms with Gasteiger partial charge in [0.15, 0.2) is 0 Å². The highest BCUT2D eigenvalue weighted by atomic mass is 35.5. The average molecular weight is 299 g/mol. The van der Waals surface area contributed by atoms with Gasteiger partial charge in [-0.2, -0.15) is 0 Å². The summed E-state index contributed by atoms with van der Waals surface area (Å²) in [4.78, 5) is 14.6. The minimum Gasteiger partial charge on any atom is -0.357 e. The number of fused-ring (bicyclic) bond motifs is 1. The molecule has 106 valence electrons. The summed E-state index contributed by atoms with van der Waals surface area (Å²) in [7, 11) is 0. The first-order chi connectivity index (χ1) is 10.3. The Labute approximate surface area is 127 Å². The molecule has 1 N–H and O–H groups in total. The Kier molecular flexibility index (Phi) is 3.04. The molecule has 0 aliphatic carbocycles. The van der Waals surface area contributed by atoms with Crippen molar-refractivity contribution in [3.8, 4) is 11.3 Å². The first-order valence-electron chi connectivity index (χ1n) is 7.17. The molecule has 0 spiro atoms. The van der Waals surface area contributed by atoms with Crippen molar-refractivity contribution in [1.29, 1.82) is 0 Å². The van der Waals surface area contributed by atoms with Crippen LogP contribution in [0.1, 0.15) is 12.8 Å². The molecule has 1 aliphatic heterocycles. The van der Waals surface area contributed by atoms with Crippen LogP contribution in [0.3, 0.4) is 0 Å². The van der Waals surface area contributed by atoms with Crippen LogP contribution >= 0.6 is 11.6 Å². The molecule has 3 aromatic rings. The molecule has 21 heavy (non-hydrogen) atoms. The summed E-state index contributed by atoms with van der Waals surface area (Å²) < 4.78 is 0. The SMILES string of the molecule is Clc1cnc2[nH]ccc2c1-c1cccc(N2CCCC2)n1. The van der Waals surface area contributed by atoms with Gasteiger partial charge in [-0.15, -0.1) is 0 Å². The second-order valence-electron chi connectivity index (χ2n) is 5.30. The number of nitrogens with zero attached hydrogens (tertiary/aromatic N) is 3. The highest BCUT2D eigenvalue weighted by Gasteiger charge is 2.16. The number of pyridine rings is 2. The van der Waals surface area contributed by atoms with E-state index in [1.165, 1.54) is 12.8 Å². The Hall–Kier alpha value is -2.07. The van der Waals surface area contributed by atoms with Crippen LogP contribution in [0.2, 0.25) is 5.02 Å². The van der Waals surface area contributed by atoms with Gasteiger partial charge in [0.05, 0.1) is 10.7 Å². The molecule has 0 saturated carbocycles. The third-order valence-electron chi connectivity index (χ3n) is 3.96. The maximum Gasteiger partial charge on any atom is 0.138 e. The van der Waals surface area contributed by atoms with E-state index in [-0.39, 0.29) is 0 Å². The molecule has 1 aliphatic rings. The fraction of sp³-hybridized carbons (Fsp3) is 0.250. The van der Waals surface area contributed by atoms with Gasteiger partial charge in [0, 0.05) is 36.4 Å². The number of hydrogen-bond donors (Lipinski definition) is 1. The summed E-state index contributed by atoms with van der Waals surface area (Å²) in [6.07, 6.45) is 6.04. The molecule has 5 heteroatoms. The highest BCUT2D eigenvalue weighted by Crippen LogP contribution is 2.33. The molecule has 0 bridgehead atoms. The minimum atomic E-state index is 0.633. The fourth-order valence-electron chi connectivity index (χ4n) is 2.93. The van der Waals surface area contributed by atoms with E-state index in [1.54, 1.807) is 6.20 Å². The number of rotatable bonds is 2. The maximum atomic E-state index is 6.38. The lowest BCUT2D eigenvalue weighted by Gasteiger charge is -2.17. The number of aromatic nitrogens is 3. The molecule has 3 aromatic heterocycles. The van der Waals surface area contributed by atoms with Gasteiger partial charge in [0.2, 0.25) is 0 Å². The van der Waals surface area contributed by atoms with E-state index < -0.39 is 0 Å². The number of anilines is 1. The van der Waals surface area contributed by atoms with Gasteiger partial charge in [0.1, 0.15) is 11.5 Å². The molecule has 0 aromatic carbocycles. The molecular weight excluding hydrogens is 284 g/mol. The van der Waals surface area contributed by atoms with Crippen LogP contribution in [0, 0.1) is 0 Å². The molecule has 4 nitrogen and oxygen atoms in total. The van der Waals surface area contributed by atoms with Gasteiger partial charge in [-0.3, -0.25) is 0 Å². The van der Waals surface area contributed by atoms with Crippen LogP contribution in [-0.2, 0) is 0 Å². The summed E-state index contributed by atoms with van der Waals surface area (Å²) in [6.45, 7) is 2.17. The lowest BCUT2D eigenvalue weighted by atomic mass is 10.1. The number of H-pyrrole nitrogens is 1. The Bertz CT molecular complexity index is 790. The van der Waals surface area contributed by atoms with Crippen molar-refractivity contribution in [1.82, 2.24) is 15.0 Å².